The largest absolute Gasteiger partial charge is 0.495 e. The van der Waals surface area contributed by atoms with E-state index < -0.39 is 10.0 Å². The molecule has 0 saturated carbocycles. The lowest BCUT2D eigenvalue weighted by atomic mass is 10.2. The average molecular weight is 505 g/mol. The number of carbonyl (C=O) groups is 1. The van der Waals surface area contributed by atoms with E-state index in [-0.39, 0.29) is 29.2 Å². The first kappa shape index (κ1) is 23.5. The molecule has 9 nitrogen and oxygen atoms in total. The monoisotopic (exact) mass is 504 g/mol. The van der Waals surface area contributed by atoms with Crippen molar-refractivity contribution in [1.29, 1.82) is 0 Å². The Morgan fingerprint density at radius 1 is 1.03 bits per heavy atom. The van der Waals surface area contributed by atoms with Crippen LogP contribution in [0.1, 0.15) is 5.56 Å². The van der Waals surface area contributed by atoms with Gasteiger partial charge in [-0.05, 0) is 60.2 Å². The highest BCUT2D eigenvalue weighted by Crippen LogP contribution is 2.32. The van der Waals surface area contributed by atoms with Gasteiger partial charge in [0.2, 0.25) is 6.79 Å². The molecule has 2 N–H and O–H groups in total. The van der Waals surface area contributed by atoms with E-state index in [2.05, 4.69) is 10.0 Å². The van der Waals surface area contributed by atoms with Crippen LogP contribution in [0.25, 0.3) is 0 Å². The second-order valence-electron chi connectivity index (χ2n) is 7.18. The molecule has 0 aliphatic carbocycles. The summed E-state index contributed by atoms with van der Waals surface area (Å²) < 4.78 is 48.8. The molecule has 11 heteroatoms. The predicted molar refractivity (Wildman–Crippen MR) is 125 cm³/mol. The van der Waals surface area contributed by atoms with E-state index in [1.807, 2.05) is 6.07 Å². The number of hydrogen-bond donors (Lipinski definition) is 2. The van der Waals surface area contributed by atoms with Crippen LogP contribution in [0.5, 0.6) is 23.0 Å². The number of halogens is 1. The first-order chi connectivity index (χ1) is 16.3. The molecule has 0 fully saturated rings. The van der Waals surface area contributed by atoms with E-state index in [4.69, 9.17) is 30.5 Å². The molecule has 0 bridgehead atoms. The number of rotatable bonds is 9. The Kier molecular flexibility index (Phi) is 6.99. The zero-order valence-electron chi connectivity index (χ0n) is 18.0. The molecule has 0 atom stereocenters. The Labute approximate surface area is 201 Å². The van der Waals surface area contributed by atoms with Crippen LogP contribution in [0.3, 0.4) is 0 Å². The van der Waals surface area contributed by atoms with Gasteiger partial charge in [-0.25, -0.2) is 8.42 Å². The van der Waals surface area contributed by atoms with Crippen LogP contribution in [-0.4, -0.2) is 34.8 Å². The van der Waals surface area contributed by atoms with Crippen LogP contribution < -0.4 is 29.0 Å². The number of amides is 1. The summed E-state index contributed by atoms with van der Waals surface area (Å²) in [5.41, 5.74) is 1.16. The van der Waals surface area contributed by atoms with Crippen LogP contribution >= 0.6 is 11.6 Å². The van der Waals surface area contributed by atoms with Gasteiger partial charge in [0.25, 0.3) is 15.9 Å². The predicted octanol–water partition coefficient (Wildman–Crippen LogP) is 3.57. The minimum atomic E-state index is -3.84. The van der Waals surface area contributed by atoms with Gasteiger partial charge in [0, 0.05) is 6.54 Å². The third-order valence-corrected chi connectivity index (χ3v) is 6.53. The minimum Gasteiger partial charge on any atom is -0.495 e. The Balaban J connectivity index is 1.29. The van der Waals surface area contributed by atoms with E-state index in [1.165, 1.54) is 37.4 Å². The highest BCUT2D eigenvalue weighted by Gasteiger charge is 2.16. The number of sulfonamides is 1. The highest BCUT2D eigenvalue weighted by atomic mass is 35.5. The number of benzene rings is 3. The van der Waals surface area contributed by atoms with Crippen molar-refractivity contribution in [3.05, 3.63) is 71.2 Å². The fraction of sp³-hybridized carbons (Fsp3) is 0.174. The van der Waals surface area contributed by atoms with Crippen LogP contribution in [0.4, 0.5) is 5.69 Å². The number of anilines is 1. The first-order valence-corrected chi connectivity index (χ1v) is 11.9. The van der Waals surface area contributed by atoms with Crippen molar-refractivity contribution in [2.24, 2.45) is 0 Å². The molecule has 0 unspecified atom stereocenters. The zero-order valence-corrected chi connectivity index (χ0v) is 19.6. The van der Waals surface area contributed by atoms with E-state index in [1.54, 1.807) is 24.3 Å². The Bertz CT molecular complexity index is 1300. The summed E-state index contributed by atoms with van der Waals surface area (Å²) in [5.74, 6) is 1.78. The molecule has 1 heterocycles. The molecule has 4 rings (SSSR count). The fourth-order valence-electron chi connectivity index (χ4n) is 3.11. The topological polar surface area (TPSA) is 112 Å². The summed E-state index contributed by atoms with van der Waals surface area (Å²) in [7, 11) is -2.37. The Morgan fingerprint density at radius 3 is 2.53 bits per heavy atom. The van der Waals surface area contributed by atoms with Crippen molar-refractivity contribution in [3.8, 4) is 23.0 Å². The van der Waals surface area contributed by atoms with Crippen LogP contribution in [0.2, 0.25) is 5.02 Å². The van der Waals surface area contributed by atoms with Crippen molar-refractivity contribution >= 4 is 33.2 Å². The normalized spacial score (nSPS) is 12.2. The maximum Gasteiger partial charge on any atom is 0.261 e. The zero-order chi connectivity index (χ0) is 24.1. The highest BCUT2D eigenvalue weighted by molar-refractivity contribution is 7.92. The van der Waals surface area contributed by atoms with Crippen molar-refractivity contribution in [1.82, 2.24) is 5.32 Å². The average Bonchev–Trinajstić information content (AvgIpc) is 3.29. The maximum atomic E-state index is 12.6. The number of carbonyl (C=O) groups excluding carboxylic acids is 1. The van der Waals surface area contributed by atoms with Crippen molar-refractivity contribution in [2.45, 2.75) is 11.4 Å². The molecule has 178 valence electrons. The van der Waals surface area contributed by atoms with E-state index in [9.17, 15) is 13.2 Å². The van der Waals surface area contributed by atoms with Gasteiger partial charge in [0.15, 0.2) is 18.1 Å². The van der Waals surface area contributed by atoms with E-state index in [0.717, 1.165) is 5.56 Å². The van der Waals surface area contributed by atoms with Crippen molar-refractivity contribution < 1.29 is 32.2 Å². The summed E-state index contributed by atoms with van der Waals surface area (Å²) in [6.45, 7) is 0.265. The molecule has 0 saturated heterocycles. The standard InChI is InChI=1S/C23H21ClN2O7S/c1-30-20-9-3-16(11-19(20)24)26-34(28,29)18-6-4-17(5-7-18)31-13-23(27)25-12-15-2-8-21-22(10-15)33-14-32-21/h2-11,26H,12-14H2,1H3,(H,25,27). The summed E-state index contributed by atoms with van der Waals surface area (Å²) in [4.78, 5) is 12.1. The number of nitrogens with one attached hydrogen (secondary N) is 2. The van der Waals surface area contributed by atoms with Crippen molar-refractivity contribution in [3.63, 3.8) is 0 Å². The Morgan fingerprint density at radius 2 is 1.79 bits per heavy atom. The molecule has 34 heavy (non-hydrogen) atoms. The third kappa shape index (κ3) is 5.64. The molecule has 1 aliphatic heterocycles. The molecule has 0 spiro atoms. The molecular formula is C23H21ClN2O7S. The minimum absolute atomic E-state index is 0.0269. The first-order valence-electron chi connectivity index (χ1n) is 10.1. The lowest BCUT2D eigenvalue weighted by Crippen LogP contribution is -2.28. The van der Waals surface area contributed by atoms with E-state index in [0.29, 0.717) is 35.2 Å². The van der Waals surface area contributed by atoms with Crippen molar-refractivity contribution in [2.75, 3.05) is 25.2 Å². The third-order valence-electron chi connectivity index (χ3n) is 4.83. The smallest absolute Gasteiger partial charge is 0.261 e. The summed E-state index contributed by atoms with van der Waals surface area (Å²) in [5, 5.41) is 3.03. The lowest BCUT2D eigenvalue weighted by molar-refractivity contribution is -0.123. The van der Waals surface area contributed by atoms with Crippen LogP contribution in [0.15, 0.2) is 65.6 Å². The molecular weight excluding hydrogens is 484 g/mol. The van der Waals surface area contributed by atoms with Gasteiger partial charge < -0.3 is 24.3 Å². The number of methoxy groups -OCH3 is 1. The van der Waals surface area contributed by atoms with Gasteiger partial charge in [-0.1, -0.05) is 17.7 Å². The molecule has 3 aromatic rings. The summed E-state index contributed by atoms with van der Waals surface area (Å²) >= 11 is 6.05. The van der Waals surface area contributed by atoms with Gasteiger partial charge in [0.1, 0.15) is 11.5 Å². The number of fused-ring (bicyclic) bond motifs is 1. The van der Waals surface area contributed by atoms with Crippen LogP contribution in [0, 0.1) is 0 Å². The second-order valence-corrected chi connectivity index (χ2v) is 9.27. The Hall–Kier alpha value is -3.63. The molecule has 1 amide bonds. The molecule has 1 aliphatic rings. The van der Waals surface area contributed by atoms with Crippen LogP contribution in [-0.2, 0) is 21.4 Å². The number of ether oxygens (including phenoxy) is 4. The summed E-state index contributed by atoms with van der Waals surface area (Å²) in [6.07, 6.45) is 0. The van der Waals surface area contributed by atoms with Gasteiger partial charge in [-0.15, -0.1) is 0 Å². The van der Waals surface area contributed by atoms with E-state index >= 15 is 0 Å². The molecule has 0 radical (unpaired) electrons. The van der Waals surface area contributed by atoms with Gasteiger partial charge in [-0.2, -0.15) is 0 Å². The van der Waals surface area contributed by atoms with Gasteiger partial charge in [0.05, 0.1) is 22.7 Å². The van der Waals surface area contributed by atoms with Gasteiger partial charge in [-0.3, -0.25) is 9.52 Å². The maximum absolute atomic E-state index is 12.6. The SMILES string of the molecule is COc1ccc(NS(=O)(=O)c2ccc(OCC(=O)NCc3ccc4c(c3)OCO4)cc2)cc1Cl. The number of hydrogen-bond acceptors (Lipinski definition) is 7. The quantitative estimate of drug-likeness (QED) is 0.458. The molecule has 3 aromatic carbocycles. The summed E-state index contributed by atoms with van der Waals surface area (Å²) in [6, 6.07) is 15.7. The second kappa shape index (κ2) is 10.1. The van der Waals surface area contributed by atoms with Gasteiger partial charge >= 0.3 is 0 Å². The molecule has 0 aromatic heterocycles. The fourth-order valence-corrected chi connectivity index (χ4v) is 4.42. The lowest BCUT2D eigenvalue weighted by Gasteiger charge is -2.11.